The van der Waals surface area contributed by atoms with Crippen LogP contribution in [0.15, 0.2) is 48.2 Å². The number of ether oxygens (including phenoxy) is 1. The lowest BCUT2D eigenvalue weighted by Crippen LogP contribution is -2.32. The summed E-state index contributed by atoms with van der Waals surface area (Å²) in [4.78, 5) is 34.2. The van der Waals surface area contributed by atoms with Gasteiger partial charge in [-0.15, -0.1) is 11.3 Å². The number of rotatable bonds is 7. The van der Waals surface area contributed by atoms with E-state index in [1.54, 1.807) is 55.9 Å². The number of hydrogen-bond donors (Lipinski definition) is 2. The van der Waals surface area contributed by atoms with Crippen LogP contribution in [0.2, 0.25) is 0 Å². The second-order valence-electron chi connectivity index (χ2n) is 6.86. The van der Waals surface area contributed by atoms with E-state index in [1.807, 2.05) is 18.4 Å². The number of hydrogen-bond acceptors (Lipinski definition) is 7. The van der Waals surface area contributed by atoms with Gasteiger partial charge in [-0.3, -0.25) is 0 Å². The number of carbonyl (C=O) groups excluding carboxylic acids is 1. The molecule has 0 aliphatic carbocycles. The molecule has 0 bridgehead atoms. The van der Waals surface area contributed by atoms with Crippen molar-refractivity contribution < 1.29 is 19.4 Å². The van der Waals surface area contributed by atoms with Crippen molar-refractivity contribution in [1.29, 1.82) is 0 Å². The largest absolute Gasteiger partial charge is 0.480 e. The Labute approximate surface area is 178 Å². The van der Waals surface area contributed by atoms with E-state index in [1.165, 1.54) is 11.2 Å². The first-order chi connectivity index (χ1) is 14.3. The second kappa shape index (κ2) is 9.36. The molecule has 0 aliphatic rings. The van der Waals surface area contributed by atoms with Crippen molar-refractivity contribution >= 4 is 29.2 Å². The summed E-state index contributed by atoms with van der Waals surface area (Å²) in [7, 11) is 3.19. The van der Waals surface area contributed by atoms with Gasteiger partial charge in [-0.05, 0) is 41.6 Å². The molecular weight excluding hydrogens is 404 g/mol. The van der Waals surface area contributed by atoms with Crippen LogP contribution in [0.1, 0.15) is 11.1 Å². The average Bonchev–Trinajstić information content (AvgIpc) is 3.14. The number of carbonyl (C=O) groups is 2. The predicted molar refractivity (Wildman–Crippen MR) is 115 cm³/mol. The molecule has 3 rings (SSSR count). The summed E-state index contributed by atoms with van der Waals surface area (Å²) in [5.41, 5.74) is 2.62. The Bertz CT molecular complexity index is 1030. The van der Waals surface area contributed by atoms with Gasteiger partial charge in [-0.25, -0.2) is 19.6 Å². The molecule has 3 aromatic rings. The van der Waals surface area contributed by atoms with E-state index in [2.05, 4.69) is 15.3 Å². The fourth-order valence-corrected chi connectivity index (χ4v) is 3.68. The molecule has 2 aromatic heterocycles. The molecule has 0 saturated heterocycles. The van der Waals surface area contributed by atoms with E-state index in [0.29, 0.717) is 11.6 Å². The number of carboxylic acid groups (broad SMARTS) is 1. The van der Waals surface area contributed by atoms with Crippen LogP contribution in [-0.2, 0) is 11.2 Å². The van der Waals surface area contributed by atoms with E-state index in [9.17, 15) is 14.7 Å². The third-order valence-electron chi connectivity index (χ3n) is 4.36. The molecule has 0 saturated carbocycles. The molecule has 2 N–H and O–H groups in total. The summed E-state index contributed by atoms with van der Waals surface area (Å²) in [5, 5.41) is 14.7. The van der Waals surface area contributed by atoms with Crippen molar-refractivity contribution in [3.8, 4) is 16.2 Å². The molecule has 1 atom stereocenters. The Morgan fingerprint density at radius 1 is 1.23 bits per heavy atom. The number of benzene rings is 1. The Kier molecular flexibility index (Phi) is 6.63. The Morgan fingerprint density at radius 2 is 1.97 bits per heavy atom. The van der Waals surface area contributed by atoms with Gasteiger partial charge in [0.2, 0.25) is 0 Å². The van der Waals surface area contributed by atoms with Gasteiger partial charge in [0.05, 0.1) is 5.56 Å². The molecule has 9 heteroatoms. The quantitative estimate of drug-likeness (QED) is 0.594. The molecule has 0 aliphatic heterocycles. The Hall–Kier alpha value is -3.46. The van der Waals surface area contributed by atoms with Gasteiger partial charge in [0, 0.05) is 31.6 Å². The second-order valence-corrected chi connectivity index (χ2v) is 7.78. The maximum atomic E-state index is 11.9. The highest BCUT2D eigenvalue weighted by Gasteiger charge is 2.21. The van der Waals surface area contributed by atoms with E-state index in [4.69, 9.17) is 4.74 Å². The molecule has 0 spiro atoms. The van der Waals surface area contributed by atoms with E-state index >= 15 is 0 Å². The summed E-state index contributed by atoms with van der Waals surface area (Å²) < 4.78 is 5.19. The summed E-state index contributed by atoms with van der Waals surface area (Å²) in [6.45, 7) is 1.99. The highest BCUT2D eigenvalue weighted by Crippen LogP contribution is 2.33. The first-order valence-electron chi connectivity index (χ1n) is 9.17. The third kappa shape index (κ3) is 5.12. The van der Waals surface area contributed by atoms with Crippen molar-refractivity contribution in [2.45, 2.75) is 19.4 Å². The zero-order valence-electron chi connectivity index (χ0n) is 16.8. The van der Waals surface area contributed by atoms with Crippen molar-refractivity contribution in [2.75, 3.05) is 19.4 Å². The van der Waals surface area contributed by atoms with Gasteiger partial charge < -0.3 is 20.1 Å². The molecule has 30 heavy (non-hydrogen) atoms. The number of aryl methyl sites for hydroxylation is 1. The lowest BCUT2D eigenvalue weighted by molar-refractivity contribution is -0.137. The first kappa shape index (κ1) is 21.3. The molecular formula is C21H22N4O4S. The predicted octanol–water partition coefficient (Wildman–Crippen LogP) is 3.68. The number of nitrogens with zero attached hydrogens (tertiary/aromatic N) is 3. The van der Waals surface area contributed by atoms with Crippen LogP contribution in [0, 0.1) is 6.92 Å². The first-order valence-corrected chi connectivity index (χ1v) is 10.0. The summed E-state index contributed by atoms with van der Waals surface area (Å²) >= 11 is 1.55. The smallest absolute Gasteiger partial charge is 0.414 e. The van der Waals surface area contributed by atoms with Crippen molar-refractivity contribution in [2.24, 2.45) is 0 Å². The van der Waals surface area contributed by atoms with Gasteiger partial charge in [0.1, 0.15) is 23.9 Å². The zero-order chi connectivity index (χ0) is 21.7. The van der Waals surface area contributed by atoms with Crippen molar-refractivity contribution in [1.82, 2.24) is 14.9 Å². The van der Waals surface area contributed by atoms with Crippen molar-refractivity contribution in [3.63, 3.8) is 0 Å². The minimum atomic E-state index is -0.995. The van der Waals surface area contributed by atoms with Crippen LogP contribution < -0.4 is 10.1 Å². The third-order valence-corrected chi connectivity index (χ3v) is 5.41. The molecule has 2 heterocycles. The molecule has 156 valence electrons. The normalized spacial score (nSPS) is 11.6. The maximum Gasteiger partial charge on any atom is 0.414 e. The number of aromatic nitrogens is 2. The lowest BCUT2D eigenvalue weighted by Gasteiger charge is -2.17. The number of nitrogens with one attached hydrogen (secondary N) is 1. The molecule has 1 aromatic carbocycles. The SMILES string of the molecule is Cc1ccsc1-c1cncnc1N[C@@H](Cc1ccc(OC(=O)N(C)C)cc1)C(=O)O. The highest BCUT2D eigenvalue weighted by molar-refractivity contribution is 7.13. The fraction of sp³-hybridized carbons (Fsp3) is 0.238. The van der Waals surface area contributed by atoms with Gasteiger partial charge in [0.25, 0.3) is 0 Å². The minimum Gasteiger partial charge on any atom is -0.480 e. The Morgan fingerprint density at radius 3 is 2.57 bits per heavy atom. The topological polar surface area (TPSA) is 105 Å². The van der Waals surface area contributed by atoms with Crippen molar-refractivity contribution in [3.05, 3.63) is 59.4 Å². The summed E-state index contributed by atoms with van der Waals surface area (Å²) in [5.74, 6) is -0.131. The average molecular weight is 426 g/mol. The Balaban J connectivity index is 1.76. The highest BCUT2D eigenvalue weighted by atomic mass is 32.1. The zero-order valence-corrected chi connectivity index (χ0v) is 17.6. The van der Waals surface area contributed by atoms with E-state index < -0.39 is 18.1 Å². The molecule has 0 radical (unpaired) electrons. The van der Waals surface area contributed by atoms with Gasteiger partial charge in [-0.2, -0.15) is 0 Å². The molecule has 0 unspecified atom stereocenters. The standard InChI is InChI=1S/C21H22N4O4S/c1-13-8-9-30-18(13)16-11-22-12-23-19(16)24-17(20(26)27)10-14-4-6-15(7-5-14)29-21(28)25(2)3/h4-9,11-12,17H,10H2,1-3H3,(H,26,27)(H,22,23,24)/t17-/m0/s1. The summed E-state index contributed by atoms with van der Waals surface area (Å²) in [6, 6.07) is 7.85. The molecule has 1 amide bonds. The molecule has 0 fully saturated rings. The minimum absolute atomic E-state index is 0.226. The van der Waals surface area contributed by atoms with E-state index in [0.717, 1.165) is 21.6 Å². The van der Waals surface area contributed by atoms with Crippen LogP contribution in [0.25, 0.3) is 10.4 Å². The van der Waals surface area contributed by atoms with Crippen LogP contribution in [0.4, 0.5) is 10.6 Å². The van der Waals surface area contributed by atoms with Gasteiger partial charge >= 0.3 is 12.1 Å². The number of thiophene rings is 1. The monoisotopic (exact) mass is 426 g/mol. The van der Waals surface area contributed by atoms with Gasteiger partial charge in [-0.1, -0.05) is 12.1 Å². The number of amides is 1. The van der Waals surface area contributed by atoms with E-state index in [-0.39, 0.29) is 6.42 Å². The lowest BCUT2D eigenvalue weighted by atomic mass is 10.1. The van der Waals surface area contributed by atoms with Gasteiger partial charge in [0.15, 0.2) is 0 Å². The van der Waals surface area contributed by atoms with Crippen LogP contribution >= 0.6 is 11.3 Å². The number of anilines is 1. The van der Waals surface area contributed by atoms with Crippen LogP contribution in [-0.4, -0.2) is 52.2 Å². The van der Waals surface area contributed by atoms with Crippen LogP contribution in [0.3, 0.4) is 0 Å². The number of aliphatic carboxylic acids is 1. The van der Waals surface area contributed by atoms with Crippen LogP contribution in [0.5, 0.6) is 5.75 Å². The number of carboxylic acids is 1. The summed E-state index contributed by atoms with van der Waals surface area (Å²) in [6.07, 6.45) is 2.82. The molecule has 8 nitrogen and oxygen atoms in total. The maximum absolute atomic E-state index is 11.9. The fourth-order valence-electron chi connectivity index (χ4n) is 2.75.